The molecule has 0 saturated carbocycles. The second kappa shape index (κ2) is 10.0. The maximum absolute atomic E-state index is 14.8. The molecule has 1 N–H and O–H groups in total. The Balaban J connectivity index is 1.75. The van der Waals surface area contributed by atoms with Crippen LogP contribution in [-0.4, -0.2) is 13.1 Å². The van der Waals surface area contributed by atoms with E-state index in [4.69, 9.17) is 4.74 Å². The first-order valence-corrected chi connectivity index (χ1v) is 12.7. The molecule has 0 unspecified atom stereocenters. The molecule has 1 aliphatic heterocycles. The van der Waals surface area contributed by atoms with E-state index in [0.29, 0.717) is 12.1 Å². The largest absolute Gasteiger partial charge is 0.466 e. The Hall–Kier alpha value is -3.10. The van der Waals surface area contributed by atoms with Gasteiger partial charge in [0.25, 0.3) is 0 Å². The van der Waals surface area contributed by atoms with Crippen LogP contribution in [0.25, 0.3) is 0 Å². The summed E-state index contributed by atoms with van der Waals surface area (Å²) in [6.07, 6.45) is 3.56. The third-order valence-electron chi connectivity index (χ3n) is 6.06. The standard InChI is InChI=1S/C27H28NO3P/c1-31-27(29)20-24(19-21-11-5-2-6-12-21)28-32(30)25(22-13-7-3-8-14-22)17-18-26(32)23-15-9-4-10-16-23/h2-16,20,25-26H,17-19H2,1H3,(H,28,30)/b24-20-/t25-,26-/m0/s1. The molecule has 0 aromatic heterocycles. The predicted molar refractivity (Wildman–Crippen MR) is 129 cm³/mol. The molecule has 164 valence electrons. The molecule has 5 heteroatoms. The van der Waals surface area contributed by atoms with E-state index in [1.54, 1.807) is 0 Å². The summed E-state index contributed by atoms with van der Waals surface area (Å²) in [6.45, 7) is 0. The predicted octanol–water partition coefficient (Wildman–Crippen LogP) is 6.43. The fraction of sp³-hybridized carbons (Fsp3) is 0.222. The summed E-state index contributed by atoms with van der Waals surface area (Å²) in [5, 5.41) is 3.42. The third kappa shape index (κ3) is 4.87. The Bertz CT molecular complexity index is 1060. The van der Waals surface area contributed by atoms with Crippen LogP contribution in [0.5, 0.6) is 0 Å². The van der Waals surface area contributed by atoms with Gasteiger partial charge in [-0.15, -0.1) is 0 Å². The highest BCUT2D eigenvalue weighted by Gasteiger charge is 2.48. The second-order valence-electron chi connectivity index (χ2n) is 8.11. The van der Waals surface area contributed by atoms with Crippen LogP contribution in [0.2, 0.25) is 0 Å². The van der Waals surface area contributed by atoms with Gasteiger partial charge >= 0.3 is 5.97 Å². The topological polar surface area (TPSA) is 55.4 Å². The van der Waals surface area contributed by atoms with Crippen molar-refractivity contribution in [2.45, 2.75) is 30.6 Å². The molecular formula is C27H28NO3P. The Morgan fingerprint density at radius 2 is 1.34 bits per heavy atom. The van der Waals surface area contributed by atoms with Crippen LogP contribution in [0.4, 0.5) is 0 Å². The van der Waals surface area contributed by atoms with Crippen molar-refractivity contribution in [2.24, 2.45) is 0 Å². The fourth-order valence-corrected chi connectivity index (χ4v) is 8.20. The molecule has 0 spiro atoms. The van der Waals surface area contributed by atoms with Gasteiger partial charge < -0.3 is 9.82 Å². The monoisotopic (exact) mass is 445 g/mol. The Morgan fingerprint density at radius 3 is 1.81 bits per heavy atom. The SMILES string of the molecule is COC(=O)/C=C(/Cc1ccccc1)NP1(=O)[C@H](c2ccccc2)CC[C@H]1c1ccccc1. The van der Waals surface area contributed by atoms with Gasteiger partial charge in [0, 0.05) is 18.2 Å². The van der Waals surface area contributed by atoms with Crippen LogP contribution in [0, 0.1) is 0 Å². The van der Waals surface area contributed by atoms with Crippen molar-refractivity contribution in [3.63, 3.8) is 0 Å². The first kappa shape index (κ1) is 22.1. The number of hydrogen-bond acceptors (Lipinski definition) is 3. The molecule has 4 rings (SSSR count). The number of allylic oxidation sites excluding steroid dienone is 1. The minimum Gasteiger partial charge on any atom is -0.466 e. The molecule has 3 aromatic rings. The number of carbonyl (C=O) groups is 1. The van der Waals surface area contributed by atoms with Gasteiger partial charge in [-0.05, 0) is 29.5 Å². The van der Waals surface area contributed by atoms with Gasteiger partial charge in [0.15, 0.2) is 7.29 Å². The zero-order valence-electron chi connectivity index (χ0n) is 18.2. The second-order valence-corrected chi connectivity index (χ2v) is 11.0. The third-order valence-corrected chi connectivity index (χ3v) is 9.66. The molecule has 4 nitrogen and oxygen atoms in total. The molecule has 1 fully saturated rings. The molecule has 2 atom stereocenters. The maximum atomic E-state index is 14.8. The Kier molecular flexibility index (Phi) is 6.92. The number of carbonyl (C=O) groups excluding carboxylic acids is 1. The van der Waals surface area contributed by atoms with Crippen LogP contribution in [0.1, 0.15) is 40.8 Å². The zero-order valence-corrected chi connectivity index (χ0v) is 19.1. The van der Waals surface area contributed by atoms with Crippen molar-refractivity contribution >= 4 is 13.3 Å². The lowest BCUT2D eigenvalue weighted by atomic mass is 10.0. The van der Waals surface area contributed by atoms with Gasteiger partial charge in [-0.25, -0.2) is 4.79 Å². The molecule has 3 aromatic carbocycles. The van der Waals surface area contributed by atoms with Crippen LogP contribution in [0.15, 0.2) is 103 Å². The molecular weight excluding hydrogens is 417 g/mol. The summed E-state index contributed by atoms with van der Waals surface area (Å²) >= 11 is 0. The maximum Gasteiger partial charge on any atom is 0.332 e. The van der Waals surface area contributed by atoms with Crippen molar-refractivity contribution < 1.29 is 14.1 Å². The number of benzene rings is 3. The lowest BCUT2D eigenvalue weighted by Gasteiger charge is -2.29. The molecule has 1 heterocycles. The van der Waals surface area contributed by atoms with E-state index in [9.17, 15) is 9.36 Å². The van der Waals surface area contributed by atoms with Crippen LogP contribution in [-0.2, 0) is 20.5 Å². The van der Waals surface area contributed by atoms with Crippen molar-refractivity contribution in [3.8, 4) is 0 Å². The minimum absolute atomic E-state index is 0.120. The van der Waals surface area contributed by atoms with Crippen LogP contribution in [0.3, 0.4) is 0 Å². The van der Waals surface area contributed by atoms with Gasteiger partial charge in [-0.2, -0.15) is 0 Å². The first-order valence-electron chi connectivity index (χ1n) is 10.9. The Morgan fingerprint density at radius 1 is 0.875 bits per heavy atom. The number of ether oxygens (including phenoxy) is 1. The highest BCUT2D eigenvalue weighted by molar-refractivity contribution is 7.63. The van der Waals surface area contributed by atoms with Crippen LogP contribution >= 0.6 is 7.29 Å². The number of hydrogen-bond donors (Lipinski definition) is 1. The van der Waals surface area contributed by atoms with Crippen LogP contribution < -0.4 is 5.09 Å². The summed E-state index contributed by atoms with van der Waals surface area (Å²) in [5.41, 5.74) is 3.55. The molecule has 32 heavy (non-hydrogen) atoms. The number of esters is 1. The van der Waals surface area contributed by atoms with Gasteiger partial charge in [0.1, 0.15) is 0 Å². The number of rotatable bonds is 7. The van der Waals surface area contributed by atoms with E-state index in [-0.39, 0.29) is 11.3 Å². The van der Waals surface area contributed by atoms with Gasteiger partial charge in [-0.1, -0.05) is 91.0 Å². The normalized spacial score (nSPS) is 20.0. The molecule has 1 saturated heterocycles. The molecule has 0 amide bonds. The van der Waals surface area contributed by atoms with Crippen molar-refractivity contribution in [2.75, 3.05) is 7.11 Å². The summed E-state index contributed by atoms with van der Waals surface area (Å²) in [7, 11) is -1.66. The lowest BCUT2D eigenvalue weighted by molar-refractivity contribution is -0.134. The van der Waals surface area contributed by atoms with E-state index in [1.165, 1.54) is 13.2 Å². The van der Waals surface area contributed by atoms with E-state index in [2.05, 4.69) is 5.09 Å². The van der Waals surface area contributed by atoms with Gasteiger partial charge in [0.05, 0.1) is 18.4 Å². The van der Waals surface area contributed by atoms with Gasteiger partial charge in [0.2, 0.25) is 0 Å². The summed E-state index contributed by atoms with van der Waals surface area (Å²) in [4.78, 5) is 12.2. The van der Waals surface area contributed by atoms with Crippen molar-refractivity contribution in [1.29, 1.82) is 0 Å². The van der Waals surface area contributed by atoms with E-state index in [0.717, 1.165) is 29.5 Å². The smallest absolute Gasteiger partial charge is 0.332 e. The van der Waals surface area contributed by atoms with E-state index < -0.39 is 13.3 Å². The fourth-order valence-electron chi connectivity index (χ4n) is 4.56. The average Bonchev–Trinajstić information content (AvgIpc) is 3.17. The molecule has 0 bridgehead atoms. The average molecular weight is 445 g/mol. The first-order chi connectivity index (χ1) is 15.6. The summed E-state index contributed by atoms with van der Waals surface area (Å²) < 4.78 is 19.7. The number of nitrogens with one attached hydrogen (secondary N) is 1. The van der Waals surface area contributed by atoms with Crippen molar-refractivity contribution in [3.05, 3.63) is 119 Å². The van der Waals surface area contributed by atoms with Crippen molar-refractivity contribution in [1.82, 2.24) is 5.09 Å². The highest BCUT2D eigenvalue weighted by atomic mass is 31.2. The minimum atomic E-state index is -3.02. The highest BCUT2D eigenvalue weighted by Crippen LogP contribution is 2.74. The number of methoxy groups -OCH3 is 1. The summed E-state index contributed by atoms with van der Waals surface area (Å²) in [5.74, 6) is -0.457. The zero-order chi connectivity index (χ0) is 22.4. The molecule has 0 radical (unpaired) electrons. The van der Waals surface area contributed by atoms with Gasteiger partial charge in [-0.3, -0.25) is 4.57 Å². The molecule has 0 aliphatic carbocycles. The van der Waals surface area contributed by atoms with E-state index >= 15 is 0 Å². The lowest BCUT2D eigenvalue weighted by Crippen LogP contribution is -2.19. The summed E-state index contributed by atoms with van der Waals surface area (Å²) in [6, 6.07) is 30.0. The van der Waals surface area contributed by atoms with E-state index in [1.807, 2.05) is 91.0 Å². The Labute approximate surface area is 189 Å². The quantitative estimate of drug-likeness (QED) is 0.259. The molecule has 1 aliphatic rings.